The Kier molecular flexibility index (Phi) is 5.22. The summed E-state index contributed by atoms with van der Waals surface area (Å²) in [6.07, 6.45) is 3.30. The highest BCUT2D eigenvalue weighted by molar-refractivity contribution is 6.32. The third-order valence-electron chi connectivity index (χ3n) is 4.17. The number of hydrogen-bond acceptors (Lipinski definition) is 5. The summed E-state index contributed by atoms with van der Waals surface area (Å²) in [5.41, 5.74) is 2.09. The first-order valence-corrected chi connectivity index (χ1v) is 9.16. The largest absolute Gasteiger partial charge is 0.456 e. The molecule has 0 saturated carbocycles. The average molecular weight is 406 g/mol. The van der Waals surface area contributed by atoms with Crippen molar-refractivity contribution in [1.82, 2.24) is 20.0 Å². The zero-order valence-corrected chi connectivity index (χ0v) is 16.2. The molecule has 0 bridgehead atoms. The molecule has 4 rings (SSSR count). The highest BCUT2D eigenvalue weighted by Crippen LogP contribution is 2.23. The second kappa shape index (κ2) is 8.12. The fourth-order valence-electron chi connectivity index (χ4n) is 2.73. The van der Waals surface area contributed by atoms with E-state index in [1.165, 1.54) is 0 Å². The molecular weight excluding hydrogens is 390 g/mol. The first-order chi connectivity index (χ1) is 14.1. The number of nitrogens with one attached hydrogen (secondary N) is 1. The molecule has 0 atom stereocenters. The lowest BCUT2D eigenvalue weighted by molar-refractivity contribution is 0.102. The van der Waals surface area contributed by atoms with Crippen molar-refractivity contribution in [2.75, 3.05) is 5.32 Å². The quantitative estimate of drug-likeness (QED) is 0.521. The molecule has 0 aliphatic heterocycles. The second-order valence-electron chi connectivity index (χ2n) is 6.16. The van der Waals surface area contributed by atoms with Crippen LogP contribution < -0.4 is 10.1 Å². The van der Waals surface area contributed by atoms with Gasteiger partial charge in [-0.05, 0) is 55.5 Å². The fourth-order valence-corrected chi connectivity index (χ4v) is 2.95. The molecule has 1 N–H and O–H groups in total. The van der Waals surface area contributed by atoms with Crippen LogP contribution in [0.2, 0.25) is 5.02 Å². The van der Waals surface area contributed by atoms with Gasteiger partial charge >= 0.3 is 0 Å². The standard InChI is InChI=1S/C21H16ClN5O2/c1-14-20(25-26-27(14)19-7-3-2-6-18(19)22)21(28)24-15-8-10-16(11-9-15)29-17-5-4-12-23-13-17/h2-13H,1H3,(H,24,28). The molecule has 0 unspecified atom stereocenters. The van der Waals surface area contributed by atoms with Gasteiger partial charge in [-0.1, -0.05) is 28.9 Å². The van der Waals surface area contributed by atoms with Crippen molar-refractivity contribution in [3.8, 4) is 17.2 Å². The van der Waals surface area contributed by atoms with E-state index < -0.39 is 0 Å². The number of anilines is 1. The van der Waals surface area contributed by atoms with Crippen molar-refractivity contribution < 1.29 is 9.53 Å². The maximum absolute atomic E-state index is 12.6. The van der Waals surface area contributed by atoms with E-state index in [0.29, 0.717) is 33.6 Å². The summed E-state index contributed by atoms with van der Waals surface area (Å²) >= 11 is 6.22. The van der Waals surface area contributed by atoms with Crippen LogP contribution in [0.25, 0.3) is 5.69 Å². The normalized spacial score (nSPS) is 10.6. The Morgan fingerprint density at radius 2 is 1.83 bits per heavy atom. The monoisotopic (exact) mass is 405 g/mol. The number of carbonyl (C=O) groups excluding carboxylic acids is 1. The highest BCUT2D eigenvalue weighted by Gasteiger charge is 2.18. The number of amides is 1. The number of pyridine rings is 1. The zero-order chi connectivity index (χ0) is 20.2. The van der Waals surface area contributed by atoms with Gasteiger partial charge in [0.25, 0.3) is 5.91 Å². The lowest BCUT2D eigenvalue weighted by Gasteiger charge is -2.08. The Morgan fingerprint density at radius 3 is 2.55 bits per heavy atom. The van der Waals surface area contributed by atoms with Crippen molar-refractivity contribution in [2.45, 2.75) is 6.92 Å². The van der Waals surface area contributed by atoms with Crippen molar-refractivity contribution in [2.24, 2.45) is 0 Å². The van der Waals surface area contributed by atoms with Crippen LogP contribution in [0.15, 0.2) is 73.1 Å². The number of aromatic nitrogens is 4. The molecule has 4 aromatic rings. The molecule has 0 aliphatic carbocycles. The molecule has 0 aliphatic rings. The molecule has 29 heavy (non-hydrogen) atoms. The van der Waals surface area contributed by atoms with Gasteiger partial charge in [-0.15, -0.1) is 5.10 Å². The Balaban J connectivity index is 1.48. The number of nitrogens with zero attached hydrogens (tertiary/aromatic N) is 4. The molecule has 0 saturated heterocycles. The fraction of sp³-hybridized carbons (Fsp3) is 0.0476. The van der Waals surface area contributed by atoms with E-state index in [0.717, 1.165) is 0 Å². The van der Waals surface area contributed by atoms with Gasteiger partial charge in [0.05, 0.1) is 22.6 Å². The molecule has 8 heteroatoms. The highest BCUT2D eigenvalue weighted by atomic mass is 35.5. The van der Waals surface area contributed by atoms with Gasteiger partial charge in [-0.2, -0.15) is 0 Å². The molecule has 0 radical (unpaired) electrons. The van der Waals surface area contributed by atoms with Gasteiger partial charge in [-0.3, -0.25) is 9.78 Å². The number of ether oxygens (including phenoxy) is 1. The van der Waals surface area contributed by atoms with Crippen LogP contribution in [0.1, 0.15) is 16.2 Å². The van der Waals surface area contributed by atoms with Crippen molar-refractivity contribution >= 4 is 23.2 Å². The van der Waals surface area contributed by atoms with Gasteiger partial charge in [-0.25, -0.2) is 4.68 Å². The van der Waals surface area contributed by atoms with E-state index in [9.17, 15) is 4.79 Å². The number of rotatable bonds is 5. The molecule has 2 heterocycles. The summed E-state index contributed by atoms with van der Waals surface area (Å²) in [7, 11) is 0. The van der Waals surface area contributed by atoms with Crippen LogP contribution in [-0.2, 0) is 0 Å². The van der Waals surface area contributed by atoms with Gasteiger partial charge < -0.3 is 10.1 Å². The van der Waals surface area contributed by atoms with Crippen LogP contribution in [0, 0.1) is 6.92 Å². The number of halogens is 1. The van der Waals surface area contributed by atoms with Gasteiger partial charge in [0.2, 0.25) is 0 Å². The van der Waals surface area contributed by atoms with E-state index in [2.05, 4.69) is 20.6 Å². The van der Waals surface area contributed by atoms with Crippen LogP contribution in [-0.4, -0.2) is 25.9 Å². The molecule has 2 aromatic carbocycles. The summed E-state index contributed by atoms with van der Waals surface area (Å²) < 4.78 is 7.24. The smallest absolute Gasteiger partial charge is 0.278 e. The molecule has 0 fully saturated rings. The Bertz CT molecular complexity index is 1140. The van der Waals surface area contributed by atoms with Crippen LogP contribution in [0.5, 0.6) is 11.5 Å². The predicted molar refractivity (Wildman–Crippen MR) is 110 cm³/mol. The Hall–Kier alpha value is -3.71. The molecule has 1 amide bonds. The maximum Gasteiger partial charge on any atom is 0.278 e. The summed E-state index contributed by atoms with van der Waals surface area (Å²) in [5.74, 6) is 0.912. The molecule has 2 aromatic heterocycles. The van der Waals surface area contributed by atoms with E-state index in [1.807, 2.05) is 24.3 Å². The molecule has 144 valence electrons. The van der Waals surface area contributed by atoms with Crippen molar-refractivity contribution in [3.63, 3.8) is 0 Å². The molecular formula is C21H16ClN5O2. The minimum Gasteiger partial charge on any atom is -0.456 e. The summed E-state index contributed by atoms with van der Waals surface area (Å²) in [4.78, 5) is 16.6. The van der Waals surface area contributed by atoms with Gasteiger partial charge in [0.15, 0.2) is 5.69 Å². The van der Waals surface area contributed by atoms with Crippen molar-refractivity contribution in [1.29, 1.82) is 0 Å². The average Bonchev–Trinajstić information content (AvgIpc) is 3.12. The second-order valence-corrected chi connectivity index (χ2v) is 6.56. The molecule has 7 nitrogen and oxygen atoms in total. The lowest BCUT2D eigenvalue weighted by atomic mass is 10.2. The first-order valence-electron chi connectivity index (χ1n) is 8.78. The first kappa shape index (κ1) is 18.6. The summed E-state index contributed by atoms with van der Waals surface area (Å²) in [6, 6.07) is 17.9. The predicted octanol–water partition coefficient (Wildman–Crippen LogP) is 4.67. The Morgan fingerprint density at radius 1 is 1.03 bits per heavy atom. The third-order valence-corrected chi connectivity index (χ3v) is 4.49. The maximum atomic E-state index is 12.6. The SMILES string of the molecule is Cc1c(C(=O)Nc2ccc(Oc3cccnc3)cc2)nnn1-c1ccccc1Cl. The Labute approximate surface area is 171 Å². The summed E-state index contributed by atoms with van der Waals surface area (Å²) in [5, 5.41) is 11.4. The third kappa shape index (κ3) is 4.09. The number of carbonyl (C=O) groups is 1. The van der Waals surface area contributed by atoms with E-state index in [1.54, 1.807) is 60.4 Å². The topological polar surface area (TPSA) is 81.9 Å². The van der Waals surface area contributed by atoms with E-state index in [4.69, 9.17) is 16.3 Å². The summed E-state index contributed by atoms with van der Waals surface area (Å²) in [6.45, 7) is 1.77. The van der Waals surface area contributed by atoms with Crippen LogP contribution in [0.3, 0.4) is 0 Å². The minimum absolute atomic E-state index is 0.223. The van der Waals surface area contributed by atoms with Gasteiger partial charge in [0.1, 0.15) is 11.5 Å². The number of para-hydroxylation sites is 1. The molecule has 0 spiro atoms. The number of hydrogen-bond donors (Lipinski definition) is 1. The van der Waals surface area contributed by atoms with Gasteiger partial charge in [0, 0.05) is 11.9 Å². The zero-order valence-electron chi connectivity index (χ0n) is 15.4. The lowest BCUT2D eigenvalue weighted by Crippen LogP contribution is -2.14. The van der Waals surface area contributed by atoms with Crippen molar-refractivity contribution in [3.05, 3.63) is 89.5 Å². The van der Waals surface area contributed by atoms with Crippen LogP contribution in [0.4, 0.5) is 5.69 Å². The van der Waals surface area contributed by atoms with E-state index >= 15 is 0 Å². The minimum atomic E-state index is -0.360. The van der Waals surface area contributed by atoms with Crippen LogP contribution >= 0.6 is 11.6 Å². The number of benzene rings is 2. The van der Waals surface area contributed by atoms with E-state index in [-0.39, 0.29) is 11.6 Å².